The lowest BCUT2D eigenvalue weighted by molar-refractivity contribution is -0.144. The van der Waals surface area contributed by atoms with E-state index in [-0.39, 0.29) is 23.1 Å². The van der Waals surface area contributed by atoms with Gasteiger partial charge in [-0.25, -0.2) is 4.79 Å². The predicted octanol–water partition coefficient (Wildman–Crippen LogP) is 1.75. The molecular formula is C10H18O3. The van der Waals surface area contributed by atoms with E-state index in [2.05, 4.69) is 20.8 Å². The largest absolute Gasteiger partial charge is 0.464 e. The summed E-state index contributed by atoms with van der Waals surface area (Å²) in [6, 6.07) is 0. The molecule has 0 aromatic carbocycles. The summed E-state index contributed by atoms with van der Waals surface area (Å²) < 4.78 is 10.3. The van der Waals surface area contributed by atoms with Gasteiger partial charge in [-0.3, -0.25) is 0 Å². The maximum absolute atomic E-state index is 11.3. The predicted molar refractivity (Wildman–Crippen MR) is 49.4 cm³/mol. The highest BCUT2D eigenvalue weighted by Gasteiger charge is 2.64. The highest BCUT2D eigenvalue weighted by Crippen LogP contribution is 2.50. The standard InChI is InChI=1S/C10H18O3/c1-6-12-8(11)7-10(5,13-7)9(2,3)4/h7H,6H2,1-5H3. The van der Waals surface area contributed by atoms with Crippen LogP contribution in [0.4, 0.5) is 0 Å². The Morgan fingerprint density at radius 3 is 2.38 bits per heavy atom. The van der Waals surface area contributed by atoms with Crippen molar-refractivity contribution < 1.29 is 14.3 Å². The van der Waals surface area contributed by atoms with Gasteiger partial charge in [0.25, 0.3) is 0 Å². The molecule has 13 heavy (non-hydrogen) atoms. The average Bonchev–Trinajstić information content (AvgIpc) is 2.63. The fourth-order valence-corrected chi connectivity index (χ4v) is 1.27. The highest BCUT2D eigenvalue weighted by atomic mass is 16.7. The Morgan fingerprint density at radius 2 is 2.08 bits per heavy atom. The van der Waals surface area contributed by atoms with E-state index in [1.165, 1.54) is 0 Å². The molecule has 0 radical (unpaired) electrons. The summed E-state index contributed by atoms with van der Waals surface area (Å²) in [5.41, 5.74) is -0.371. The molecule has 0 spiro atoms. The van der Waals surface area contributed by atoms with Gasteiger partial charge in [-0.1, -0.05) is 20.8 Å². The fraction of sp³-hybridized carbons (Fsp3) is 0.900. The summed E-state index contributed by atoms with van der Waals surface area (Å²) in [6.07, 6.45) is -0.368. The van der Waals surface area contributed by atoms with E-state index in [1.807, 2.05) is 6.92 Å². The van der Waals surface area contributed by atoms with Crippen molar-refractivity contribution in [3.05, 3.63) is 0 Å². The maximum Gasteiger partial charge on any atom is 0.338 e. The first-order valence-corrected chi connectivity index (χ1v) is 4.67. The molecule has 3 nitrogen and oxygen atoms in total. The second-order valence-corrected chi connectivity index (χ2v) is 4.61. The molecule has 0 aliphatic carbocycles. The summed E-state index contributed by atoms with van der Waals surface area (Å²) in [7, 11) is 0. The lowest BCUT2D eigenvalue weighted by atomic mass is 9.79. The molecule has 1 saturated heterocycles. The molecule has 0 aromatic rings. The number of hydrogen-bond acceptors (Lipinski definition) is 3. The summed E-state index contributed by atoms with van der Waals surface area (Å²) in [6.45, 7) is 10.4. The van der Waals surface area contributed by atoms with Crippen LogP contribution in [0, 0.1) is 5.41 Å². The van der Waals surface area contributed by atoms with Crippen molar-refractivity contribution in [1.29, 1.82) is 0 Å². The van der Waals surface area contributed by atoms with Crippen LogP contribution >= 0.6 is 0 Å². The molecule has 1 fully saturated rings. The first kappa shape index (κ1) is 10.5. The van der Waals surface area contributed by atoms with Gasteiger partial charge in [0.1, 0.15) is 5.60 Å². The number of carbonyl (C=O) groups excluding carboxylic acids is 1. The second-order valence-electron chi connectivity index (χ2n) is 4.61. The van der Waals surface area contributed by atoms with E-state index >= 15 is 0 Å². The lowest BCUT2D eigenvalue weighted by Gasteiger charge is -2.23. The molecule has 1 heterocycles. The summed E-state index contributed by atoms with van der Waals surface area (Å²) in [5.74, 6) is -0.236. The molecule has 1 aliphatic heterocycles. The Hall–Kier alpha value is -0.570. The zero-order chi connectivity index (χ0) is 10.3. The molecule has 0 amide bonds. The minimum Gasteiger partial charge on any atom is -0.464 e. The SMILES string of the molecule is CCOC(=O)C1OC1(C)C(C)(C)C. The molecule has 0 aromatic heterocycles. The number of epoxide rings is 1. The quantitative estimate of drug-likeness (QED) is 0.487. The van der Waals surface area contributed by atoms with E-state index in [9.17, 15) is 4.79 Å². The van der Waals surface area contributed by atoms with Gasteiger partial charge in [0.15, 0.2) is 6.10 Å². The average molecular weight is 186 g/mol. The Kier molecular flexibility index (Phi) is 2.41. The van der Waals surface area contributed by atoms with Gasteiger partial charge in [-0.05, 0) is 19.3 Å². The van der Waals surface area contributed by atoms with Crippen molar-refractivity contribution in [3.63, 3.8) is 0 Å². The molecule has 2 unspecified atom stereocenters. The maximum atomic E-state index is 11.3. The zero-order valence-corrected chi connectivity index (χ0v) is 9.01. The number of rotatable bonds is 2. The van der Waals surface area contributed by atoms with Gasteiger partial charge in [0.2, 0.25) is 0 Å². The fourth-order valence-electron chi connectivity index (χ4n) is 1.27. The molecule has 76 valence electrons. The van der Waals surface area contributed by atoms with Crippen LogP contribution in [0.5, 0.6) is 0 Å². The highest BCUT2D eigenvalue weighted by molar-refractivity contribution is 5.79. The summed E-state index contributed by atoms with van der Waals surface area (Å²) >= 11 is 0. The minimum atomic E-state index is -0.368. The lowest BCUT2D eigenvalue weighted by Crippen LogP contribution is -2.32. The van der Waals surface area contributed by atoms with E-state index in [0.29, 0.717) is 6.61 Å². The summed E-state index contributed by atoms with van der Waals surface area (Å²) in [4.78, 5) is 11.3. The van der Waals surface area contributed by atoms with E-state index < -0.39 is 0 Å². The van der Waals surface area contributed by atoms with Crippen molar-refractivity contribution in [2.24, 2.45) is 5.41 Å². The monoisotopic (exact) mass is 186 g/mol. The number of carbonyl (C=O) groups is 1. The molecule has 1 rings (SSSR count). The number of hydrogen-bond donors (Lipinski definition) is 0. The first-order chi connectivity index (χ1) is 5.83. The Labute approximate surface area is 79.4 Å². The van der Waals surface area contributed by atoms with Crippen molar-refractivity contribution >= 4 is 5.97 Å². The van der Waals surface area contributed by atoms with Gasteiger partial charge in [-0.2, -0.15) is 0 Å². The van der Waals surface area contributed by atoms with Crippen LogP contribution in [0.25, 0.3) is 0 Å². The van der Waals surface area contributed by atoms with E-state index in [0.717, 1.165) is 0 Å². The van der Waals surface area contributed by atoms with Crippen LogP contribution < -0.4 is 0 Å². The third-order valence-electron chi connectivity index (χ3n) is 2.80. The van der Waals surface area contributed by atoms with Crippen molar-refractivity contribution in [2.75, 3.05) is 6.61 Å². The van der Waals surface area contributed by atoms with E-state index in [4.69, 9.17) is 9.47 Å². The van der Waals surface area contributed by atoms with Crippen molar-refractivity contribution in [1.82, 2.24) is 0 Å². The van der Waals surface area contributed by atoms with Crippen molar-refractivity contribution in [3.8, 4) is 0 Å². The third kappa shape index (κ3) is 1.70. The van der Waals surface area contributed by atoms with Crippen molar-refractivity contribution in [2.45, 2.75) is 46.3 Å². The van der Waals surface area contributed by atoms with Crippen LogP contribution in [0.1, 0.15) is 34.6 Å². The molecule has 0 saturated carbocycles. The molecule has 3 heteroatoms. The molecular weight excluding hydrogens is 168 g/mol. The normalized spacial score (nSPS) is 32.8. The van der Waals surface area contributed by atoms with Crippen LogP contribution in [0.15, 0.2) is 0 Å². The van der Waals surface area contributed by atoms with Gasteiger partial charge < -0.3 is 9.47 Å². The molecule has 1 aliphatic rings. The molecule has 0 N–H and O–H groups in total. The third-order valence-corrected chi connectivity index (χ3v) is 2.80. The zero-order valence-electron chi connectivity index (χ0n) is 9.01. The minimum absolute atomic E-state index is 0.0234. The van der Waals surface area contributed by atoms with Crippen LogP contribution in [-0.2, 0) is 14.3 Å². The van der Waals surface area contributed by atoms with Crippen LogP contribution in [0.2, 0.25) is 0 Å². The number of esters is 1. The summed E-state index contributed by atoms with van der Waals surface area (Å²) in [5, 5.41) is 0. The van der Waals surface area contributed by atoms with Gasteiger partial charge in [0, 0.05) is 0 Å². The van der Waals surface area contributed by atoms with Gasteiger partial charge in [0.05, 0.1) is 6.61 Å². The molecule has 2 atom stereocenters. The van der Waals surface area contributed by atoms with E-state index in [1.54, 1.807) is 6.92 Å². The smallest absolute Gasteiger partial charge is 0.338 e. The van der Waals surface area contributed by atoms with Gasteiger partial charge >= 0.3 is 5.97 Å². The topological polar surface area (TPSA) is 38.8 Å². The second kappa shape index (κ2) is 2.98. The Bertz CT molecular complexity index is 217. The van der Waals surface area contributed by atoms with Crippen LogP contribution in [0.3, 0.4) is 0 Å². The Morgan fingerprint density at radius 1 is 1.54 bits per heavy atom. The number of ether oxygens (including phenoxy) is 2. The first-order valence-electron chi connectivity index (χ1n) is 4.67. The van der Waals surface area contributed by atoms with Crippen LogP contribution in [-0.4, -0.2) is 24.3 Å². The molecule has 0 bridgehead atoms. The Balaban J connectivity index is 2.58. The van der Waals surface area contributed by atoms with Gasteiger partial charge in [-0.15, -0.1) is 0 Å².